The molecule has 0 amide bonds. The van der Waals surface area contributed by atoms with Crippen molar-refractivity contribution in [3.8, 4) is 5.75 Å². The lowest BCUT2D eigenvalue weighted by Gasteiger charge is -2.10. The monoisotopic (exact) mass is 291 g/mol. The molecule has 2 aromatic carbocycles. The Morgan fingerprint density at radius 2 is 1.81 bits per heavy atom. The highest BCUT2D eigenvalue weighted by Crippen LogP contribution is 2.31. The second-order valence-electron chi connectivity index (χ2n) is 4.67. The standard InChI is InChI=1S/C16H12F3NO/c17-16(18,19)12-4-3-5-13(8-12)21-10-11-9-20-15-7-2-1-6-14(11)15/h1-9,20H,10H2. The van der Waals surface area contributed by atoms with E-state index in [1.807, 2.05) is 24.3 Å². The summed E-state index contributed by atoms with van der Waals surface area (Å²) in [7, 11) is 0. The number of rotatable bonds is 3. The minimum atomic E-state index is -4.36. The summed E-state index contributed by atoms with van der Waals surface area (Å²) in [6, 6.07) is 12.6. The van der Waals surface area contributed by atoms with Gasteiger partial charge in [0.1, 0.15) is 12.4 Å². The van der Waals surface area contributed by atoms with E-state index in [9.17, 15) is 13.2 Å². The lowest BCUT2D eigenvalue weighted by molar-refractivity contribution is -0.137. The fraction of sp³-hybridized carbons (Fsp3) is 0.125. The van der Waals surface area contributed by atoms with Gasteiger partial charge in [0.25, 0.3) is 0 Å². The normalized spacial score (nSPS) is 11.8. The molecular formula is C16H12F3NO. The summed E-state index contributed by atoms with van der Waals surface area (Å²) in [5.41, 5.74) is 1.17. The zero-order valence-electron chi connectivity index (χ0n) is 10.9. The number of benzene rings is 2. The minimum absolute atomic E-state index is 0.204. The fourth-order valence-electron chi connectivity index (χ4n) is 2.17. The summed E-state index contributed by atoms with van der Waals surface area (Å²) >= 11 is 0. The van der Waals surface area contributed by atoms with Crippen LogP contribution in [0.5, 0.6) is 5.75 Å². The van der Waals surface area contributed by atoms with Gasteiger partial charge in [-0.1, -0.05) is 24.3 Å². The van der Waals surface area contributed by atoms with E-state index >= 15 is 0 Å². The molecular weight excluding hydrogens is 279 g/mol. The molecule has 0 bridgehead atoms. The number of hydrogen-bond donors (Lipinski definition) is 1. The summed E-state index contributed by atoms with van der Waals surface area (Å²) in [4.78, 5) is 3.10. The molecule has 1 N–H and O–H groups in total. The summed E-state index contributed by atoms with van der Waals surface area (Å²) < 4.78 is 43.4. The molecule has 0 fully saturated rings. The number of H-pyrrole nitrogens is 1. The number of para-hydroxylation sites is 1. The number of aromatic amines is 1. The third-order valence-electron chi connectivity index (χ3n) is 3.23. The topological polar surface area (TPSA) is 25.0 Å². The van der Waals surface area contributed by atoms with Gasteiger partial charge < -0.3 is 9.72 Å². The molecule has 3 rings (SSSR count). The van der Waals surface area contributed by atoms with Crippen molar-refractivity contribution in [1.82, 2.24) is 4.98 Å². The quantitative estimate of drug-likeness (QED) is 0.739. The molecule has 3 aromatic rings. The van der Waals surface area contributed by atoms with Crippen molar-refractivity contribution in [1.29, 1.82) is 0 Å². The number of ether oxygens (including phenoxy) is 1. The number of nitrogens with one attached hydrogen (secondary N) is 1. The molecule has 0 saturated heterocycles. The van der Waals surface area contributed by atoms with Gasteiger partial charge in [-0.3, -0.25) is 0 Å². The van der Waals surface area contributed by atoms with Crippen LogP contribution in [0, 0.1) is 0 Å². The number of halogens is 3. The number of hydrogen-bond acceptors (Lipinski definition) is 1. The van der Waals surface area contributed by atoms with Gasteiger partial charge in [-0.2, -0.15) is 13.2 Å². The maximum absolute atomic E-state index is 12.6. The first-order valence-corrected chi connectivity index (χ1v) is 6.39. The molecule has 0 aliphatic heterocycles. The van der Waals surface area contributed by atoms with Gasteiger partial charge in [0.2, 0.25) is 0 Å². The Hall–Kier alpha value is -2.43. The van der Waals surface area contributed by atoms with E-state index in [4.69, 9.17) is 4.74 Å². The van der Waals surface area contributed by atoms with Gasteiger partial charge in [0, 0.05) is 22.7 Å². The van der Waals surface area contributed by atoms with Crippen LogP contribution in [0.15, 0.2) is 54.7 Å². The van der Waals surface area contributed by atoms with Crippen LogP contribution in [0.2, 0.25) is 0 Å². The first kappa shape index (κ1) is 13.5. The van der Waals surface area contributed by atoms with Crippen molar-refractivity contribution < 1.29 is 17.9 Å². The Labute approximate surface area is 119 Å². The van der Waals surface area contributed by atoms with Crippen LogP contribution >= 0.6 is 0 Å². The first-order chi connectivity index (χ1) is 10.0. The molecule has 0 aliphatic carbocycles. The van der Waals surface area contributed by atoms with Crippen LogP contribution in [-0.2, 0) is 12.8 Å². The lowest BCUT2D eigenvalue weighted by Crippen LogP contribution is -2.05. The minimum Gasteiger partial charge on any atom is -0.489 e. The van der Waals surface area contributed by atoms with Crippen LogP contribution in [0.1, 0.15) is 11.1 Å². The van der Waals surface area contributed by atoms with Crippen molar-refractivity contribution >= 4 is 10.9 Å². The molecule has 0 saturated carbocycles. The van der Waals surface area contributed by atoms with E-state index in [0.717, 1.165) is 28.6 Å². The zero-order valence-corrected chi connectivity index (χ0v) is 10.9. The predicted octanol–water partition coefficient (Wildman–Crippen LogP) is 4.77. The Bertz CT molecular complexity index is 761. The largest absolute Gasteiger partial charge is 0.489 e. The lowest BCUT2D eigenvalue weighted by atomic mass is 10.2. The van der Waals surface area contributed by atoms with Gasteiger partial charge in [-0.05, 0) is 24.3 Å². The summed E-state index contributed by atoms with van der Waals surface area (Å²) in [6.07, 6.45) is -2.56. The third-order valence-corrected chi connectivity index (χ3v) is 3.23. The highest BCUT2D eigenvalue weighted by molar-refractivity contribution is 5.82. The number of fused-ring (bicyclic) bond motifs is 1. The van der Waals surface area contributed by atoms with Crippen LogP contribution in [0.3, 0.4) is 0 Å². The molecule has 0 radical (unpaired) electrons. The van der Waals surface area contributed by atoms with Gasteiger partial charge in [-0.25, -0.2) is 0 Å². The van der Waals surface area contributed by atoms with E-state index < -0.39 is 11.7 Å². The maximum Gasteiger partial charge on any atom is 0.416 e. The van der Waals surface area contributed by atoms with Crippen LogP contribution < -0.4 is 4.74 Å². The Morgan fingerprint density at radius 1 is 1.00 bits per heavy atom. The van der Waals surface area contributed by atoms with Gasteiger partial charge in [0.05, 0.1) is 5.56 Å². The summed E-state index contributed by atoms with van der Waals surface area (Å²) in [5.74, 6) is 0.204. The van der Waals surface area contributed by atoms with E-state index in [1.165, 1.54) is 12.1 Å². The molecule has 0 spiro atoms. The van der Waals surface area contributed by atoms with Crippen molar-refractivity contribution in [3.05, 3.63) is 65.9 Å². The van der Waals surface area contributed by atoms with Crippen molar-refractivity contribution in [2.75, 3.05) is 0 Å². The summed E-state index contributed by atoms with van der Waals surface area (Å²) in [5, 5.41) is 1.00. The van der Waals surface area contributed by atoms with Gasteiger partial charge >= 0.3 is 6.18 Å². The zero-order chi connectivity index (χ0) is 14.9. The van der Waals surface area contributed by atoms with E-state index in [2.05, 4.69) is 4.98 Å². The van der Waals surface area contributed by atoms with Gasteiger partial charge in [0.15, 0.2) is 0 Å². The van der Waals surface area contributed by atoms with Crippen molar-refractivity contribution in [2.24, 2.45) is 0 Å². The number of aromatic nitrogens is 1. The molecule has 1 heterocycles. The number of alkyl halides is 3. The molecule has 0 unspecified atom stereocenters. The second kappa shape index (κ2) is 5.16. The first-order valence-electron chi connectivity index (χ1n) is 6.39. The molecule has 5 heteroatoms. The van der Waals surface area contributed by atoms with E-state index in [-0.39, 0.29) is 12.4 Å². The summed E-state index contributed by atoms with van der Waals surface area (Å²) in [6.45, 7) is 0.214. The van der Waals surface area contributed by atoms with Crippen molar-refractivity contribution in [3.63, 3.8) is 0 Å². The fourth-order valence-corrected chi connectivity index (χ4v) is 2.17. The highest BCUT2D eigenvalue weighted by atomic mass is 19.4. The molecule has 0 aliphatic rings. The maximum atomic E-state index is 12.6. The SMILES string of the molecule is FC(F)(F)c1cccc(OCc2c[nH]c3ccccc23)c1. The smallest absolute Gasteiger partial charge is 0.416 e. The predicted molar refractivity (Wildman–Crippen MR) is 74.1 cm³/mol. The Balaban J connectivity index is 1.79. The molecule has 0 atom stereocenters. The van der Waals surface area contributed by atoms with E-state index in [1.54, 1.807) is 6.20 Å². The molecule has 108 valence electrons. The second-order valence-corrected chi connectivity index (χ2v) is 4.67. The Morgan fingerprint density at radius 3 is 2.62 bits per heavy atom. The van der Waals surface area contributed by atoms with Gasteiger partial charge in [-0.15, -0.1) is 0 Å². The van der Waals surface area contributed by atoms with Crippen LogP contribution in [0.4, 0.5) is 13.2 Å². The average molecular weight is 291 g/mol. The highest BCUT2D eigenvalue weighted by Gasteiger charge is 2.30. The van der Waals surface area contributed by atoms with Crippen LogP contribution in [0.25, 0.3) is 10.9 Å². The van der Waals surface area contributed by atoms with Crippen LogP contribution in [-0.4, -0.2) is 4.98 Å². The van der Waals surface area contributed by atoms with E-state index in [0.29, 0.717) is 0 Å². The molecule has 1 aromatic heterocycles. The van der Waals surface area contributed by atoms with Crippen molar-refractivity contribution in [2.45, 2.75) is 12.8 Å². The third kappa shape index (κ3) is 2.86. The molecule has 2 nitrogen and oxygen atoms in total. The Kier molecular flexibility index (Phi) is 3.33. The average Bonchev–Trinajstić information content (AvgIpc) is 2.88. The molecule has 21 heavy (non-hydrogen) atoms.